The summed E-state index contributed by atoms with van der Waals surface area (Å²) in [5.41, 5.74) is 3.25. The number of hydrogen-bond donors (Lipinski definition) is 2. The van der Waals surface area contributed by atoms with Crippen LogP contribution in [0.4, 0.5) is 0 Å². The average Bonchev–Trinajstić information content (AvgIpc) is 2.88. The Morgan fingerprint density at radius 1 is 0.472 bits per heavy atom. The first-order valence-corrected chi connectivity index (χ1v) is 14.4. The van der Waals surface area contributed by atoms with Gasteiger partial charge in [0.25, 0.3) is 0 Å². The van der Waals surface area contributed by atoms with Crippen LogP contribution in [0, 0.1) is 13.8 Å². The number of nitrogens with one attached hydrogen (secondary N) is 2. The van der Waals surface area contributed by atoms with E-state index in [0.29, 0.717) is 11.1 Å². The van der Waals surface area contributed by atoms with Crippen molar-refractivity contribution in [3.05, 3.63) is 131 Å². The Bertz CT molecular complexity index is 1390. The Morgan fingerprint density at radius 3 is 1.08 bits per heavy atom. The molecule has 2 unspecified atom stereocenters. The summed E-state index contributed by atoms with van der Waals surface area (Å²) in [6.45, 7) is 3.87. The lowest BCUT2D eigenvalue weighted by molar-refractivity contribution is 0.466. The Morgan fingerprint density at radius 2 is 0.778 bits per heavy atom. The molecule has 0 saturated heterocycles. The van der Waals surface area contributed by atoms with Gasteiger partial charge in [0.05, 0.1) is 21.9 Å². The van der Waals surface area contributed by atoms with Gasteiger partial charge in [-0.3, -0.25) is 0 Å². The van der Waals surface area contributed by atoms with Crippen molar-refractivity contribution in [3.8, 4) is 0 Å². The van der Waals surface area contributed by atoms with E-state index in [1.807, 2.05) is 62.4 Å². The van der Waals surface area contributed by atoms with Crippen LogP contribution in [0.2, 0.25) is 0 Å². The quantitative estimate of drug-likeness (QED) is 0.323. The number of benzene rings is 4. The Hall–Kier alpha value is -3.30. The van der Waals surface area contributed by atoms with E-state index in [0.717, 1.165) is 11.1 Å². The van der Waals surface area contributed by atoms with Crippen molar-refractivity contribution in [3.63, 3.8) is 0 Å². The highest BCUT2D eigenvalue weighted by Gasteiger charge is 2.33. The normalized spacial score (nSPS) is 13.7. The molecule has 36 heavy (non-hydrogen) atoms. The monoisotopic (exact) mass is 520 g/mol. The summed E-state index contributed by atoms with van der Waals surface area (Å²) < 4.78 is 59.2. The molecule has 0 spiro atoms. The molecule has 186 valence electrons. The molecule has 4 aromatic rings. The van der Waals surface area contributed by atoms with Crippen molar-refractivity contribution >= 4 is 20.0 Å². The number of aryl methyl sites for hydroxylation is 2. The molecule has 4 rings (SSSR count). The molecule has 0 fully saturated rings. The number of rotatable bonds is 9. The average molecular weight is 521 g/mol. The largest absolute Gasteiger partial charge is 0.241 e. The van der Waals surface area contributed by atoms with Crippen LogP contribution in [0.3, 0.4) is 0 Å². The molecule has 0 heterocycles. The van der Waals surface area contributed by atoms with Crippen LogP contribution in [-0.2, 0) is 20.0 Å². The van der Waals surface area contributed by atoms with Gasteiger partial charge in [-0.05, 0) is 49.2 Å². The van der Waals surface area contributed by atoms with E-state index in [4.69, 9.17) is 0 Å². The van der Waals surface area contributed by atoms with Crippen molar-refractivity contribution in [2.45, 2.75) is 35.7 Å². The third kappa shape index (κ3) is 6.09. The predicted octanol–water partition coefficient (Wildman–Crippen LogP) is 5.04. The zero-order valence-electron chi connectivity index (χ0n) is 20.0. The van der Waals surface area contributed by atoms with Gasteiger partial charge in [-0.2, -0.15) is 0 Å². The second-order valence-electron chi connectivity index (χ2n) is 8.65. The molecule has 2 atom stereocenters. The summed E-state index contributed by atoms with van der Waals surface area (Å²) in [5, 5.41) is 0. The van der Waals surface area contributed by atoms with E-state index < -0.39 is 32.1 Å². The molecule has 0 aliphatic carbocycles. The molecular formula is C28H28N2O4S2. The van der Waals surface area contributed by atoms with E-state index in [1.54, 1.807) is 36.4 Å². The first-order valence-electron chi connectivity index (χ1n) is 11.4. The molecule has 6 nitrogen and oxygen atoms in total. The summed E-state index contributed by atoms with van der Waals surface area (Å²) in [7, 11) is -7.97. The molecule has 4 aromatic carbocycles. The van der Waals surface area contributed by atoms with Crippen molar-refractivity contribution in [1.82, 2.24) is 9.44 Å². The summed E-state index contributed by atoms with van der Waals surface area (Å²) in [5.74, 6) is 0. The van der Waals surface area contributed by atoms with Crippen LogP contribution in [0.15, 0.2) is 119 Å². The van der Waals surface area contributed by atoms with Gasteiger partial charge in [-0.25, -0.2) is 26.3 Å². The van der Waals surface area contributed by atoms with Crippen LogP contribution in [-0.4, -0.2) is 16.8 Å². The molecular weight excluding hydrogens is 492 g/mol. The van der Waals surface area contributed by atoms with E-state index in [-0.39, 0.29) is 9.79 Å². The third-order valence-corrected chi connectivity index (χ3v) is 8.79. The Kier molecular flexibility index (Phi) is 7.70. The predicted molar refractivity (Wildman–Crippen MR) is 141 cm³/mol. The Balaban J connectivity index is 1.85. The first kappa shape index (κ1) is 25.8. The van der Waals surface area contributed by atoms with Gasteiger partial charge in [0, 0.05) is 0 Å². The molecule has 0 saturated carbocycles. The molecule has 2 N–H and O–H groups in total. The van der Waals surface area contributed by atoms with Gasteiger partial charge in [0.1, 0.15) is 0 Å². The van der Waals surface area contributed by atoms with Crippen LogP contribution < -0.4 is 9.44 Å². The van der Waals surface area contributed by atoms with E-state index in [1.165, 1.54) is 24.3 Å². The maximum absolute atomic E-state index is 13.4. The zero-order valence-corrected chi connectivity index (χ0v) is 21.6. The number of sulfonamides is 2. The summed E-state index contributed by atoms with van der Waals surface area (Å²) in [4.78, 5) is 0.186. The fourth-order valence-electron chi connectivity index (χ4n) is 3.87. The second kappa shape index (κ2) is 10.8. The fourth-order valence-corrected chi connectivity index (χ4v) is 6.39. The van der Waals surface area contributed by atoms with Gasteiger partial charge in [0.2, 0.25) is 20.0 Å². The van der Waals surface area contributed by atoms with Crippen molar-refractivity contribution < 1.29 is 16.8 Å². The second-order valence-corrected chi connectivity index (χ2v) is 12.1. The van der Waals surface area contributed by atoms with Gasteiger partial charge >= 0.3 is 0 Å². The van der Waals surface area contributed by atoms with E-state index >= 15 is 0 Å². The highest BCUT2D eigenvalue weighted by atomic mass is 32.2. The molecule has 0 aliphatic rings. The minimum Gasteiger partial charge on any atom is -0.207 e. The summed E-state index contributed by atoms with van der Waals surface area (Å²) in [6, 6.07) is 28.9. The lowest BCUT2D eigenvalue weighted by atomic mass is 9.94. The fraction of sp³-hybridized carbons (Fsp3) is 0.143. The maximum Gasteiger partial charge on any atom is 0.241 e. The minimum atomic E-state index is -3.98. The van der Waals surface area contributed by atoms with Crippen molar-refractivity contribution in [1.29, 1.82) is 0 Å². The molecule has 8 heteroatoms. The van der Waals surface area contributed by atoms with Gasteiger partial charge in [-0.1, -0.05) is 96.1 Å². The van der Waals surface area contributed by atoms with E-state index in [9.17, 15) is 16.8 Å². The summed E-state index contributed by atoms with van der Waals surface area (Å²) in [6.07, 6.45) is 0. The molecule has 0 radical (unpaired) electrons. The molecule has 0 aliphatic heterocycles. The SMILES string of the molecule is Cc1ccc(C(NS(=O)(=O)c2ccccc2)C(NS(=O)(=O)c2ccccc2)c2ccc(C)cc2)cc1. The standard InChI is InChI=1S/C28H28N2O4S2/c1-21-13-17-23(18-14-21)27(29-35(31,32)25-9-5-3-6-10-25)28(24-19-15-22(2)16-20-24)30-36(33,34)26-11-7-4-8-12-26/h3-20,27-30H,1-2H3. The molecule has 0 amide bonds. The summed E-state index contributed by atoms with van der Waals surface area (Å²) >= 11 is 0. The Labute approximate surface area is 213 Å². The van der Waals surface area contributed by atoms with Crippen LogP contribution in [0.5, 0.6) is 0 Å². The van der Waals surface area contributed by atoms with Crippen LogP contribution in [0.1, 0.15) is 34.3 Å². The van der Waals surface area contributed by atoms with Crippen LogP contribution in [0.25, 0.3) is 0 Å². The smallest absolute Gasteiger partial charge is 0.207 e. The highest BCUT2D eigenvalue weighted by Crippen LogP contribution is 2.33. The van der Waals surface area contributed by atoms with Crippen molar-refractivity contribution in [2.24, 2.45) is 0 Å². The lowest BCUT2D eigenvalue weighted by Gasteiger charge is -2.30. The topological polar surface area (TPSA) is 92.3 Å². The van der Waals surface area contributed by atoms with Crippen molar-refractivity contribution in [2.75, 3.05) is 0 Å². The molecule has 0 bridgehead atoms. The maximum atomic E-state index is 13.4. The lowest BCUT2D eigenvalue weighted by Crippen LogP contribution is -2.40. The minimum absolute atomic E-state index is 0.0932. The van der Waals surface area contributed by atoms with Crippen LogP contribution >= 0.6 is 0 Å². The van der Waals surface area contributed by atoms with Gasteiger partial charge in [0.15, 0.2) is 0 Å². The van der Waals surface area contributed by atoms with Gasteiger partial charge < -0.3 is 0 Å². The highest BCUT2D eigenvalue weighted by molar-refractivity contribution is 7.90. The number of hydrogen-bond acceptors (Lipinski definition) is 4. The van der Waals surface area contributed by atoms with E-state index in [2.05, 4.69) is 9.44 Å². The zero-order chi connectivity index (χ0) is 25.8. The third-order valence-electron chi connectivity index (χ3n) is 5.88. The molecule has 0 aromatic heterocycles. The first-order chi connectivity index (χ1) is 17.2. The van der Waals surface area contributed by atoms with Gasteiger partial charge in [-0.15, -0.1) is 0 Å².